The molecule has 0 saturated heterocycles. The molecule has 0 radical (unpaired) electrons. The van der Waals surface area contributed by atoms with Gasteiger partial charge in [-0.3, -0.25) is 4.79 Å². The molecular formula is C11H15FN2O3. The molecule has 0 fully saturated rings. The first-order chi connectivity index (χ1) is 8.04. The Balaban J connectivity index is 2.58. The van der Waals surface area contributed by atoms with Crippen molar-refractivity contribution in [2.75, 3.05) is 26.0 Å². The summed E-state index contributed by atoms with van der Waals surface area (Å²) in [5.74, 6) is -1.29. The first-order valence-electron chi connectivity index (χ1n) is 5.04. The predicted molar refractivity (Wildman–Crippen MR) is 61.0 cm³/mol. The quantitative estimate of drug-likeness (QED) is 0.641. The predicted octanol–water partition coefficient (Wildman–Crippen LogP) is 0.145. The lowest BCUT2D eigenvalue weighted by atomic mass is 10.2. The molecule has 1 aromatic rings. The molecular weight excluding hydrogens is 227 g/mol. The Bertz CT molecular complexity index is 398. The van der Waals surface area contributed by atoms with E-state index < -0.39 is 17.8 Å². The summed E-state index contributed by atoms with van der Waals surface area (Å²) >= 11 is 0. The first kappa shape index (κ1) is 13.4. The van der Waals surface area contributed by atoms with E-state index in [4.69, 9.17) is 5.73 Å². The lowest BCUT2D eigenvalue weighted by Gasteiger charge is -2.11. The van der Waals surface area contributed by atoms with Crippen LogP contribution in [0.4, 0.5) is 10.1 Å². The van der Waals surface area contributed by atoms with E-state index in [1.165, 1.54) is 19.2 Å². The number of carbonyl (C=O) groups excluding carboxylic acids is 1. The fraction of sp³-hybridized carbons (Fsp3) is 0.364. The number of nitrogens with one attached hydrogen (secondary N) is 1. The highest BCUT2D eigenvalue weighted by Gasteiger charge is 2.13. The van der Waals surface area contributed by atoms with Crippen molar-refractivity contribution in [3.05, 3.63) is 29.6 Å². The molecule has 6 heteroatoms. The number of methoxy groups -OCH3 is 1. The van der Waals surface area contributed by atoms with Crippen molar-refractivity contribution in [1.82, 2.24) is 5.32 Å². The van der Waals surface area contributed by atoms with Gasteiger partial charge < -0.3 is 20.9 Å². The van der Waals surface area contributed by atoms with Crippen molar-refractivity contribution in [2.24, 2.45) is 0 Å². The van der Waals surface area contributed by atoms with Gasteiger partial charge in [-0.2, -0.15) is 0 Å². The Labute approximate surface area is 98.4 Å². The van der Waals surface area contributed by atoms with Gasteiger partial charge in [0.1, 0.15) is 5.82 Å². The minimum Gasteiger partial charge on any atom is -0.399 e. The van der Waals surface area contributed by atoms with Crippen LogP contribution < -0.4 is 11.1 Å². The van der Waals surface area contributed by atoms with E-state index in [2.05, 4.69) is 10.1 Å². The second-order valence-corrected chi connectivity index (χ2v) is 3.56. The molecule has 0 aliphatic heterocycles. The molecule has 0 spiro atoms. The molecule has 1 rings (SSSR count). The summed E-state index contributed by atoms with van der Waals surface area (Å²) in [6.45, 7) is 0.0982. The van der Waals surface area contributed by atoms with Gasteiger partial charge in [0.15, 0.2) is 0 Å². The van der Waals surface area contributed by atoms with Crippen LogP contribution >= 0.6 is 0 Å². The Morgan fingerprint density at radius 3 is 2.94 bits per heavy atom. The van der Waals surface area contributed by atoms with Crippen molar-refractivity contribution >= 4 is 11.6 Å². The van der Waals surface area contributed by atoms with Gasteiger partial charge in [0.2, 0.25) is 0 Å². The molecule has 5 nitrogen and oxygen atoms in total. The highest BCUT2D eigenvalue weighted by molar-refractivity contribution is 5.94. The molecule has 0 aromatic heterocycles. The SMILES string of the molecule is COCC(O)CNC(=O)c1ccc(N)cc1F. The van der Waals surface area contributed by atoms with E-state index in [0.717, 1.165) is 6.07 Å². The van der Waals surface area contributed by atoms with Crippen molar-refractivity contribution in [2.45, 2.75) is 6.10 Å². The van der Waals surface area contributed by atoms with E-state index in [1.807, 2.05) is 0 Å². The molecule has 0 heterocycles. The second kappa shape index (κ2) is 6.17. The molecule has 0 aliphatic rings. The van der Waals surface area contributed by atoms with Crippen LogP contribution in [0.3, 0.4) is 0 Å². The van der Waals surface area contributed by atoms with E-state index in [1.54, 1.807) is 0 Å². The highest BCUT2D eigenvalue weighted by Crippen LogP contribution is 2.11. The van der Waals surface area contributed by atoms with Crippen LogP contribution in [0.5, 0.6) is 0 Å². The van der Waals surface area contributed by atoms with Gasteiger partial charge in [-0.15, -0.1) is 0 Å². The highest BCUT2D eigenvalue weighted by atomic mass is 19.1. The van der Waals surface area contributed by atoms with Gasteiger partial charge in [-0.05, 0) is 18.2 Å². The average Bonchev–Trinajstić information content (AvgIpc) is 2.26. The molecule has 17 heavy (non-hydrogen) atoms. The van der Waals surface area contributed by atoms with E-state index >= 15 is 0 Å². The average molecular weight is 242 g/mol. The summed E-state index contributed by atoms with van der Waals surface area (Å²) in [5, 5.41) is 11.7. The Morgan fingerprint density at radius 2 is 2.35 bits per heavy atom. The van der Waals surface area contributed by atoms with Crippen LogP contribution in [0.2, 0.25) is 0 Å². The van der Waals surface area contributed by atoms with Gasteiger partial charge >= 0.3 is 0 Å². The van der Waals surface area contributed by atoms with Crippen LogP contribution in [0.15, 0.2) is 18.2 Å². The van der Waals surface area contributed by atoms with E-state index in [0.29, 0.717) is 0 Å². The third kappa shape index (κ3) is 4.01. The van der Waals surface area contributed by atoms with Crippen LogP contribution in [0.1, 0.15) is 10.4 Å². The third-order valence-electron chi connectivity index (χ3n) is 2.10. The maximum absolute atomic E-state index is 13.3. The van der Waals surface area contributed by atoms with Crippen LogP contribution in [0, 0.1) is 5.82 Å². The summed E-state index contributed by atoms with van der Waals surface area (Å²) in [6, 6.07) is 3.80. The topological polar surface area (TPSA) is 84.6 Å². The van der Waals surface area contributed by atoms with Gasteiger partial charge in [0.25, 0.3) is 5.91 Å². The molecule has 1 aromatic carbocycles. The van der Waals surface area contributed by atoms with Gasteiger partial charge in [-0.25, -0.2) is 4.39 Å². The number of amides is 1. The monoisotopic (exact) mass is 242 g/mol. The maximum Gasteiger partial charge on any atom is 0.254 e. The van der Waals surface area contributed by atoms with E-state index in [9.17, 15) is 14.3 Å². The summed E-state index contributed by atoms with van der Waals surface area (Å²) in [6.07, 6.45) is -0.819. The maximum atomic E-state index is 13.3. The number of benzene rings is 1. The number of aliphatic hydroxyl groups is 1. The normalized spacial score (nSPS) is 12.2. The number of halogens is 1. The van der Waals surface area contributed by atoms with Gasteiger partial charge in [0, 0.05) is 19.3 Å². The summed E-state index contributed by atoms with van der Waals surface area (Å²) < 4.78 is 18.0. The zero-order chi connectivity index (χ0) is 12.8. The summed E-state index contributed by atoms with van der Waals surface area (Å²) in [5.41, 5.74) is 5.50. The molecule has 4 N–H and O–H groups in total. The number of aliphatic hydroxyl groups excluding tert-OH is 1. The minimum atomic E-state index is -0.819. The number of nitrogen functional groups attached to an aromatic ring is 1. The Hall–Kier alpha value is -1.66. The van der Waals surface area contributed by atoms with Gasteiger partial charge in [-0.1, -0.05) is 0 Å². The fourth-order valence-corrected chi connectivity index (χ4v) is 1.27. The molecule has 1 unspecified atom stereocenters. The van der Waals surface area contributed by atoms with Crippen molar-refractivity contribution in [1.29, 1.82) is 0 Å². The summed E-state index contributed by atoms with van der Waals surface area (Å²) in [7, 11) is 1.44. The molecule has 94 valence electrons. The van der Waals surface area contributed by atoms with Crippen LogP contribution in [0.25, 0.3) is 0 Å². The zero-order valence-corrected chi connectivity index (χ0v) is 9.44. The summed E-state index contributed by atoms with van der Waals surface area (Å²) in [4.78, 5) is 11.5. The molecule has 1 atom stereocenters. The standard InChI is InChI=1S/C11H15FN2O3/c1-17-6-8(15)5-14-11(16)9-3-2-7(13)4-10(9)12/h2-4,8,15H,5-6,13H2,1H3,(H,14,16). The molecule has 0 saturated carbocycles. The lowest BCUT2D eigenvalue weighted by Crippen LogP contribution is -2.34. The second-order valence-electron chi connectivity index (χ2n) is 3.56. The zero-order valence-electron chi connectivity index (χ0n) is 9.44. The Morgan fingerprint density at radius 1 is 1.65 bits per heavy atom. The smallest absolute Gasteiger partial charge is 0.254 e. The molecule has 1 amide bonds. The number of hydrogen-bond donors (Lipinski definition) is 3. The van der Waals surface area contributed by atoms with Gasteiger partial charge in [0.05, 0.1) is 18.3 Å². The lowest BCUT2D eigenvalue weighted by molar-refractivity contribution is 0.0609. The van der Waals surface area contributed by atoms with Crippen molar-refractivity contribution in [3.8, 4) is 0 Å². The third-order valence-corrected chi connectivity index (χ3v) is 2.10. The van der Waals surface area contributed by atoms with Crippen molar-refractivity contribution in [3.63, 3.8) is 0 Å². The largest absolute Gasteiger partial charge is 0.399 e. The number of nitrogens with two attached hydrogens (primary N) is 1. The number of hydrogen-bond acceptors (Lipinski definition) is 4. The molecule has 0 bridgehead atoms. The Kier molecular flexibility index (Phi) is 4.86. The van der Waals surface area contributed by atoms with Crippen molar-refractivity contribution < 1.29 is 19.0 Å². The minimum absolute atomic E-state index is 0.00348. The number of anilines is 1. The first-order valence-corrected chi connectivity index (χ1v) is 5.04. The number of rotatable bonds is 5. The number of ether oxygens (including phenoxy) is 1. The van der Waals surface area contributed by atoms with Crippen LogP contribution in [-0.2, 0) is 4.74 Å². The fourth-order valence-electron chi connectivity index (χ4n) is 1.27. The molecule has 0 aliphatic carbocycles. The number of carbonyl (C=O) groups is 1. The van der Waals surface area contributed by atoms with Crippen LogP contribution in [-0.4, -0.2) is 37.4 Å². The van der Waals surface area contributed by atoms with E-state index in [-0.39, 0.29) is 24.4 Å².